The number of hydrogen-bond donors (Lipinski definition) is 2. The molecule has 0 heterocycles. The maximum atomic E-state index is 12.2. The lowest BCUT2D eigenvalue weighted by Crippen LogP contribution is -2.42. The number of carbonyl (C=O) groups excluding carboxylic acids is 3. The van der Waals surface area contributed by atoms with Crippen molar-refractivity contribution in [2.45, 2.75) is 17.9 Å². The zero-order valence-electron chi connectivity index (χ0n) is 16.9. The van der Waals surface area contributed by atoms with Crippen molar-refractivity contribution in [2.24, 2.45) is 0 Å². The molecule has 0 saturated heterocycles. The molecule has 166 valence electrons. The first-order chi connectivity index (χ1) is 14.6. The Morgan fingerprint density at radius 3 is 2.32 bits per heavy atom. The summed E-state index contributed by atoms with van der Waals surface area (Å²) in [7, 11) is -2.55. The number of halogens is 1. The first-order valence-corrected chi connectivity index (χ1v) is 11.0. The highest BCUT2D eigenvalue weighted by atomic mass is 35.5. The molecule has 2 aromatic rings. The number of ether oxygens (including phenoxy) is 1. The minimum absolute atomic E-state index is 0.00464. The molecule has 0 bridgehead atoms. The summed E-state index contributed by atoms with van der Waals surface area (Å²) in [5, 5.41) is 2.92. The quantitative estimate of drug-likeness (QED) is 0.541. The maximum Gasteiger partial charge on any atom is 0.324 e. The van der Waals surface area contributed by atoms with Crippen molar-refractivity contribution in [3.8, 4) is 0 Å². The fraction of sp³-hybridized carbons (Fsp3) is 0.250. The Bertz CT molecular complexity index is 1050. The molecule has 0 saturated carbocycles. The lowest BCUT2D eigenvalue weighted by Gasteiger charge is -2.18. The van der Waals surface area contributed by atoms with Crippen molar-refractivity contribution >= 4 is 45.1 Å². The number of para-hydroxylation sites is 1. The van der Waals surface area contributed by atoms with Crippen LogP contribution in [0.25, 0.3) is 0 Å². The fourth-order valence-electron chi connectivity index (χ4n) is 2.37. The van der Waals surface area contributed by atoms with E-state index in [1.165, 1.54) is 26.1 Å². The summed E-state index contributed by atoms with van der Waals surface area (Å²) in [5.41, 5.74) is 0.404. The van der Waals surface area contributed by atoms with Gasteiger partial charge in [0.25, 0.3) is 5.91 Å². The molecule has 0 spiro atoms. The number of sulfonamides is 1. The van der Waals surface area contributed by atoms with Crippen LogP contribution in [-0.4, -0.2) is 57.3 Å². The van der Waals surface area contributed by atoms with E-state index < -0.39 is 40.5 Å². The molecular weight excluding hydrogens is 446 g/mol. The summed E-state index contributed by atoms with van der Waals surface area (Å²) in [6.45, 7) is 0.359. The van der Waals surface area contributed by atoms with Gasteiger partial charge in [0.2, 0.25) is 15.9 Å². The summed E-state index contributed by atoms with van der Waals surface area (Å²) in [4.78, 5) is 37.3. The van der Waals surface area contributed by atoms with E-state index in [0.29, 0.717) is 10.7 Å². The molecule has 2 amide bonds. The number of hydrogen-bond acceptors (Lipinski definition) is 6. The molecule has 1 atom stereocenters. The molecule has 9 nitrogen and oxygen atoms in total. The van der Waals surface area contributed by atoms with Gasteiger partial charge in [-0.15, -0.1) is 0 Å². The predicted molar refractivity (Wildman–Crippen MR) is 115 cm³/mol. The predicted octanol–water partition coefficient (Wildman–Crippen LogP) is 1.65. The second kappa shape index (κ2) is 10.9. The van der Waals surface area contributed by atoms with Gasteiger partial charge in [-0.2, -0.15) is 4.72 Å². The zero-order chi connectivity index (χ0) is 23.0. The van der Waals surface area contributed by atoms with Gasteiger partial charge in [-0.25, -0.2) is 8.42 Å². The molecule has 0 aromatic heterocycles. The largest absolute Gasteiger partial charge is 0.454 e. The van der Waals surface area contributed by atoms with Crippen LogP contribution >= 0.6 is 11.6 Å². The molecular formula is C20H22ClN3O6S. The number of amides is 2. The van der Waals surface area contributed by atoms with Gasteiger partial charge in [-0.05, 0) is 31.2 Å². The van der Waals surface area contributed by atoms with Gasteiger partial charge < -0.3 is 15.0 Å². The van der Waals surface area contributed by atoms with Crippen LogP contribution in [0.3, 0.4) is 0 Å². The van der Waals surface area contributed by atoms with Crippen LogP contribution in [-0.2, 0) is 29.1 Å². The van der Waals surface area contributed by atoms with Crippen molar-refractivity contribution in [3.05, 3.63) is 59.6 Å². The number of benzene rings is 2. The Labute approximate surface area is 185 Å². The minimum atomic E-state index is -3.92. The molecule has 2 rings (SSSR count). The Kier molecular flexibility index (Phi) is 8.55. The third-order valence-electron chi connectivity index (χ3n) is 4.03. The SMILES string of the molecule is C[C@H](NS(=O)(=O)c1ccccc1)C(=O)OCC(=O)N(C)CC(=O)Nc1ccccc1Cl. The lowest BCUT2D eigenvalue weighted by molar-refractivity contribution is -0.152. The Morgan fingerprint density at radius 2 is 1.68 bits per heavy atom. The molecule has 0 aliphatic carbocycles. The summed E-state index contributed by atoms with van der Waals surface area (Å²) >= 11 is 5.96. The summed E-state index contributed by atoms with van der Waals surface area (Å²) in [6, 6.07) is 12.9. The van der Waals surface area contributed by atoms with Gasteiger partial charge in [0, 0.05) is 7.05 Å². The molecule has 0 aliphatic heterocycles. The topological polar surface area (TPSA) is 122 Å². The Hall–Kier alpha value is -2.95. The van der Waals surface area contributed by atoms with Gasteiger partial charge in [0.15, 0.2) is 6.61 Å². The summed E-state index contributed by atoms with van der Waals surface area (Å²) in [6.07, 6.45) is 0. The van der Waals surface area contributed by atoms with Crippen molar-refractivity contribution < 1.29 is 27.5 Å². The van der Waals surface area contributed by atoms with E-state index >= 15 is 0 Å². The average molecular weight is 468 g/mol. The van der Waals surface area contributed by atoms with E-state index in [2.05, 4.69) is 10.0 Å². The van der Waals surface area contributed by atoms with Crippen LogP contribution in [0.2, 0.25) is 5.02 Å². The number of likely N-dealkylation sites (N-methyl/N-ethyl adjacent to an activating group) is 1. The molecule has 0 fully saturated rings. The van der Waals surface area contributed by atoms with Crippen LogP contribution in [0.4, 0.5) is 5.69 Å². The average Bonchev–Trinajstić information content (AvgIpc) is 2.73. The summed E-state index contributed by atoms with van der Waals surface area (Å²) < 4.78 is 31.5. The number of esters is 1. The van der Waals surface area contributed by atoms with Gasteiger partial charge in [0.05, 0.1) is 22.2 Å². The number of rotatable bonds is 9. The van der Waals surface area contributed by atoms with Crippen molar-refractivity contribution in [2.75, 3.05) is 25.5 Å². The van der Waals surface area contributed by atoms with E-state index in [4.69, 9.17) is 16.3 Å². The van der Waals surface area contributed by atoms with Crippen LogP contribution < -0.4 is 10.0 Å². The van der Waals surface area contributed by atoms with Crippen LogP contribution in [0.15, 0.2) is 59.5 Å². The number of nitrogens with one attached hydrogen (secondary N) is 2. The normalized spacial score (nSPS) is 12.0. The molecule has 31 heavy (non-hydrogen) atoms. The highest BCUT2D eigenvalue weighted by molar-refractivity contribution is 7.89. The zero-order valence-corrected chi connectivity index (χ0v) is 18.4. The lowest BCUT2D eigenvalue weighted by atomic mass is 10.3. The smallest absolute Gasteiger partial charge is 0.324 e. The van der Waals surface area contributed by atoms with Crippen LogP contribution in [0.1, 0.15) is 6.92 Å². The maximum absolute atomic E-state index is 12.2. The van der Waals surface area contributed by atoms with Gasteiger partial charge in [0.1, 0.15) is 6.04 Å². The van der Waals surface area contributed by atoms with Crippen LogP contribution in [0, 0.1) is 0 Å². The second-order valence-corrected chi connectivity index (χ2v) is 8.66. The molecule has 11 heteroatoms. The Morgan fingerprint density at radius 1 is 1.06 bits per heavy atom. The van der Waals surface area contributed by atoms with Gasteiger partial charge >= 0.3 is 5.97 Å². The Balaban J connectivity index is 1.82. The second-order valence-electron chi connectivity index (χ2n) is 6.54. The number of anilines is 1. The highest BCUT2D eigenvalue weighted by Crippen LogP contribution is 2.20. The molecule has 0 unspecified atom stereocenters. The van der Waals surface area contributed by atoms with Gasteiger partial charge in [-0.1, -0.05) is 41.9 Å². The standard InChI is InChI=1S/C20H22ClN3O6S/c1-14(23-31(28,29)15-8-4-3-5-9-15)20(27)30-13-19(26)24(2)12-18(25)22-17-11-7-6-10-16(17)21/h3-11,14,23H,12-13H2,1-2H3,(H,22,25)/t14-/m0/s1. The van der Waals surface area contributed by atoms with E-state index in [-0.39, 0.29) is 11.4 Å². The highest BCUT2D eigenvalue weighted by Gasteiger charge is 2.24. The number of carbonyl (C=O) groups is 3. The number of nitrogens with zero attached hydrogens (tertiary/aromatic N) is 1. The van der Waals surface area contributed by atoms with Crippen molar-refractivity contribution in [1.29, 1.82) is 0 Å². The third-order valence-corrected chi connectivity index (χ3v) is 5.92. The minimum Gasteiger partial charge on any atom is -0.454 e. The first kappa shape index (κ1) is 24.3. The van der Waals surface area contributed by atoms with E-state index in [1.54, 1.807) is 42.5 Å². The monoisotopic (exact) mass is 467 g/mol. The van der Waals surface area contributed by atoms with E-state index in [0.717, 1.165) is 4.90 Å². The van der Waals surface area contributed by atoms with Gasteiger partial charge in [-0.3, -0.25) is 14.4 Å². The van der Waals surface area contributed by atoms with E-state index in [9.17, 15) is 22.8 Å². The molecule has 0 aliphatic rings. The summed E-state index contributed by atoms with van der Waals surface area (Å²) in [5.74, 6) is -2.05. The molecule has 2 N–H and O–H groups in total. The van der Waals surface area contributed by atoms with Crippen molar-refractivity contribution in [3.63, 3.8) is 0 Å². The van der Waals surface area contributed by atoms with Crippen molar-refractivity contribution in [1.82, 2.24) is 9.62 Å². The first-order valence-electron chi connectivity index (χ1n) is 9.12. The molecule has 2 aromatic carbocycles. The van der Waals surface area contributed by atoms with Crippen LogP contribution in [0.5, 0.6) is 0 Å². The molecule has 0 radical (unpaired) electrons. The third kappa shape index (κ3) is 7.35. The fourth-order valence-corrected chi connectivity index (χ4v) is 3.77. The van der Waals surface area contributed by atoms with E-state index in [1.807, 2.05) is 0 Å².